The molecule has 0 aliphatic carbocycles. The van der Waals surface area contributed by atoms with Crippen molar-refractivity contribution in [1.82, 2.24) is 15.1 Å². The highest BCUT2D eigenvalue weighted by Crippen LogP contribution is 2.34. The smallest absolute Gasteiger partial charge is 0.318 e. The number of fused-ring (bicyclic) bond motifs is 1. The molecule has 6 nitrogen and oxygen atoms in total. The van der Waals surface area contributed by atoms with Gasteiger partial charge >= 0.3 is 6.03 Å². The molecule has 1 aliphatic rings. The molecule has 2 aromatic rings. The van der Waals surface area contributed by atoms with E-state index in [0.717, 1.165) is 23.3 Å². The summed E-state index contributed by atoms with van der Waals surface area (Å²) in [5.41, 5.74) is 2.94. The van der Waals surface area contributed by atoms with Gasteiger partial charge in [-0.15, -0.1) is 11.3 Å². The van der Waals surface area contributed by atoms with Gasteiger partial charge in [-0.2, -0.15) is 0 Å². The summed E-state index contributed by atoms with van der Waals surface area (Å²) in [5.74, 6) is 0.776. The number of ether oxygens (including phenoxy) is 1. The lowest BCUT2D eigenvalue weighted by atomic mass is 10.00. The molecule has 0 saturated heterocycles. The molecule has 0 fully saturated rings. The maximum Gasteiger partial charge on any atom is 0.318 e. The molecule has 33 heavy (non-hydrogen) atoms. The standard InChI is InChI=1S/C26H37N3O3S/c1-17(2)27-25(31)29(26(5,6)7)15-24(30)28-12-10-23-20(11-13-33-23)21(28)16-32-22-9-8-18(3)14-19(22)4/h8-9,11,13-14,17,21H,10,12,15-16H2,1-7H3,(H,27,31)/t21-/m1/s1. The number of aryl methyl sites for hydroxylation is 2. The number of carbonyl (C=O) groups excluding carboxylic acids is 2. The first-order valence-corrected chi connectivity index (χ1v) is 12.5. The second kappa shape index (κ2) is 10.2. The van der Waals surface area contributed by atoms with Gasteiger partial charge in [-0.25, -0.2) is 4.79 Å². The maximum atomic E-state index is 13.6. The molecular formula is C26H37N3O3S. The van der Waals surface area contributed by atoms with Gasteiger partial charge in [-0.3, -0.25) is 4.79 Å². The van der Waals surface area contributed by atoms with Crippen molar-refractivity contribution in [2.45, 2.75) is 72.5 Å². The molecule has 0 saturated carbocycles. The molecule has 0 radical (unpaired) electrons. The minimum absolute atomic E-state index is 0.000277. The van der Waals surface area contributed by atoms with Crippen molar-refractivity contribution in [3.8, 4) is 5.75 Å². The Labute approximate surface area is 201 Å². The van der Waals surface area contributed by atoms with Crippen LogP contribution in [0.5, 0.6) is 5.75 Å². The van der Waals surface area contributed by atoms with Gasteiger partial charge in [0, 0.05) is 23.0 Å². The number of thiophene rings is 1. The highest BCUT2D eigenvalue weighted by Gasteiger charge is 2.36. The summed E-state index contributed by atoms with van der Waals surface area (Å²) >= 11 is 1.73. The Bertz CT molecular complexity index is 993. The molecule has 2 heterocycles. The molecular weight excluding hydrogens is 434 g/mol. The fourth-order valence-corrected chi connectivity index (χ4v) is 5.10. The molecule has 1 atom stereocenters. The topological polar surface area (TPSA) is 61.9 Å². The number of hydrogen-bond acceptors (Lipinski definition) is 4. The van der Waals surface area contributed by atoms with E-state index < -0.39 is 5.54 Å². The fraction of sp³-hybridized carbons (Fsp3) is 0.538. The summed E-state index contributed by atoms with van der Waals surface area (Å²) in [6, 6.07) is 7.83. The van der Waals surface area contributed by atoms with E-state index in [9.17, 15) is 9.59 Å². The van der Waals surface area contributed by atoms with Crippen molar-refractivity contribution in [2.24, 2.45) is 0 Å². The van der Waals surface area contributed by atoms with Gasteiger partial charge in [0.15, 0.2) is 0 Å². The summed E-state index contributed by atoms with van der Waals surface area (Å²) in [6.45, 7) is 14.8. The molecule has 3 rings (SSSR count). The second-order valence-corrected chi connectivity index (χ2v) is 11.1. The predicted octanol–water partition coefficient (Wildman–Crippen LogP) is 5.09. The first-order valence-electron chi connectivity index (χ1n) is 11.6. The van der Waals surface area contributed by atoms with Crippen molar-refractivity contribution >= 4 is 23.3 Å². The van der Waals surface area contributed by atoms with E-state index >= 15 is 0 Å². The summed E-state index contributed by atoms with van der Waals surface area (Å²) in [6.07, 6.45) is 0.826. The van der Waals surface area contributed by atoms with E-state index in [0.29, 0.717) is 13.2 Å². The zero-order valence-electron chi connectivity index (χ0n) is 20.9. The van der Waals surface area contributed by atoms with Crippen LogP contribution in [0.1, 0.15) is 62.2 Å². The van der Waals surface area contributed by atoms with Gasteiger partial charge in [-0.1, -0.05) is 17.7 Å². The van der Waals surface area contributed by atoms with E-state index in [1.54, 1.807) is 16.2 Å². The van der Waals surface area contributed by atoms with E-state index in [1.165, 1.54) is 10.4 Å². The summed E-state index contributed by atoms with van der Waals surface area (Å²) in [7, 11) is 0. The Morgan fingerprint density at radius 2 is 1.97 bits per heavy atom. The van der Waals surface area contributed by atoms with Gasteiger partial charge < -0.3 is 19.9 Å². The number of rotatable bonds is 6. The first kappa shape index (κ1) is 25.1. The van der Waals surface area contributed by atoms with E-state index in [1.807, 2.05) is 58.6 Å². The highest BCUT2D eigenvalue weighted by molar-refractivity contribution is 7.10. The van der Waals surface area contributed by atoms with Crippen LogP contribution in [-0.4, -0.2) is 53.0 Å². The molecule has 1 aromatic carbocycles. The van der Waals surface area contributed by atoms with Crippen LogP contribution in [0.2, 0.25) is 0 Å². The fourth-order valence-electron chi connectivity index (χ4n) is 4.17. The number of carbonyl (C=O) groups is 2. The zero-order chi connectivity index (χ0) is 24.3. The van der Waals surface area contributed by atoms with E-state index in [2.05, 4.69) is 29.8 Å². The predicted molar refractivity (Wildman–Crippen MR) is 134 cm³/mol. The molecule has 0 bridgehead atoms. The average molecular weight is 472 g/mol. The number of nitrogens with one attached hydrogen (secondary N) is 1. The molecule has 1 aromatic heterocycles. The van der Waals surface area contributed by atoms with E-state index in [4.69, 9.17) is 4.74 Å². The molecule has 1 aliphatic heterocycles. The third-order valence-electron chi connectivity index (χ3n) is 5.90. The lowest BCUT2D eigenvalue weighted by Gasteiger charge is -2.40. The molecule has 1 N–H and O–H groups in total. The number of nitrogens with zero attached hydrogens (tertiary/aromatic N) is 2. The Hall–Kier alpha value is -2.54. The minimum atomic E-state index is -0.483. The van der Waals surface area contributed by atoms with Crippen molar-refractivity contribution in [2.75, 3.05) is 19.7 Å². The van der Waals surface area contributed by atoms with Crippen LogP contribution in [-0.2, 0) is 11.2 Å². The quantitative estimate of drug-likeness (QED) is 0.638. The Morgan fingerprint density at radius 1 is 1.24 bits per heavy atom. The molecule has 0 unspecified atom stereocenters. The third kappa shape index (κ3) is 6.08. The Morgan fingerprint density at radius 3 is 2.61 bits per heavy atom. The lowest BCUT2D eigenvalue weighted by Crippen LogP contribution is -2.56. The van der Waals surface area contributed by atoms with Crippen LogP contribution in [0.3, 0.4) is 0 Å². The van der Waals surface area contributed by atoms with Crippen LogP contribution >= 0.6 is 11.3 Å². The Kier molecular flexibility index (Phi) is 7.73. The number of benzene rings is 1. The minimum Gasteiger partial charge on any atom is -0.491 e. The lowest BCUT2D eigenvalue weighted by molar-refractivity contribution is -0.136. The second-order valence-electron chi connectivity index (χ2n) is 10.1. The number of amides is 3. The number of urea groups is 1. The highest BCUT2D eigenvalue weighted by atomic mass is 32.1. The zero-order valence-corrected chi connectivity index (χ0v) is 21.7. The normalized spacial score (nSPS) is 15.9. The van der Waals surface area contributed by atoms with Crippen molar-refractivity contribution in [1.29, 1.82) is 0 Å². The third-order valence-corrected chi connectivity index (χ3v) is 6.90. The first-order chi connectivity index (χ1) is 15.5. The van der Waals surface area contributed by atoms with Gasteiger partial charge in [0.2, 0.25) is 5.91 Å². The van der Waals surface area contributed by atoms with Crippen LogP contribution < -0.4 is 10.1 Å². The summed E-state index contributed by atoms with van der Waals surface area (Å²) in [4.78, 5) is 31.2. The molecule has 3 amide bonds. The van der Waals surface area contributed by atoms with E-state index in [-0.39, 0.29) is 30.6 Å². The number of hydrogen-bond donors (Lipinski definition) is 1. The summed E-state index contributed by atoms with van der Waals surface area (Å²) in [5, 5.41) is 5.01. The maximum absolute atomic E-state index is 13.6. The van der Waals surface area contributed by atoms with Crippen molar-refractivity contribution in [3.05, 3.63) is 51.2 Å². The van der Waals surface area contributed by atoms with Gasteiger partial charge in [0.05, 0.1) is 6.04 Å². The largest absolute Gasteiger partial charge is 0.491 e. The van der Waals surface area contributed by atoms with Crippen molar-refractivity contribution < 1.29 is 14.3 Å². The van der Waals surface area contributed by atoms with Gasteiger partial charge in [-0.05, 0) is 83.5 Å². The monoisotopic (exact) mass is 471 g/mol. The Balaban J connectivity index is 1.81. The van der Waals surface area contributed by atoms with Gasteiger partial charge in [0.1, 0.15) is 18.9 Å². The molecule has 0 spiro atoms. The van der Waals surface area contributed by atoms with Crippen LogP contribution in [0.25, 0.3) is 0 Å². The van der Waals surface area contributed by atoms with Crippen LogP contribution in [0, 0.1) is 13.8 Å². The SMILES string of the molecule is Cc1ccc(OC[C@@H]2c3ccsc3CCN2C(=O)CN(C(=O)NC(C)C)C(C)(C)C)c(C)c1. The summed E-state index contributed by atoms with van der Waals surface area (Å²) < 4.78 is 6.23. The molecule has 7 heteroatoms. The average Bonchev–Trinajstić information content (AvgIpc) is 3.18. The molecule has 180 valence electrons. The van der Waals surface area contributed by atoms with Crippen LogP contribution in [0.15, 0.2) is 29.6 Å². The van der Waals surface area contributed by atoms with Crippen LogP contribution in [0.4, 0.5) is 4.79 Å². The van der Waals surface area contributed by atoms with Crippen molar-refractivity contribution in [3.63, 3.8) is 0 Å². The van der Waals surface area contributed by atoms with Gasteiger partial charge in [0.25, 0.3) is 0 Å².